The van der Waals surface area contributed by atoms with E-state index in [1.54, 1.807) is 0 Å². The Morgan fingerprint density at radius 3 is 2.52 bits per heavy atom. The first kappa shape index (κ1) is 34.7. The summed E-state index contributed by atoms with van der Waals surface area (Å²) in [4.78, 5) is 15.9. The molecule has 0 spiro atoms. The number of carbonyl (C=O) groups is 1. The van der Waals surface area contributed by atoms with Crippen LogP contribution in [0.3, 0.4) is 0 Å². The Balaban J connectivity index is 1.44. The highest BCUT2D eigenvalue weighted by atomic mass is 32.2. The molecular weight excluding hydrogens is 639 g/mol. The summed E-state index contributed by atoms with van der Waals surface area (Å²) in [7, 11) is -3.70. The van der Waals surface area contributed by atoms with E-state index in [0.717, 1.165) is 38.8 Å². The van der Waals surface area contributed by atoms with E-state index in [9.17, 15) is 23.4 Å². The predicted octanol–water partition coefficient (Wildman–Crippen LogP) is 7.94. The summed E-state index contributed by atoms with van der Waals surface area (Å²) in [5.41, 5.74) is 2.41. The molecule has 48 heavy (non-hydrogen) atoms. The Bertz CT molecular complexity index is 1960. The molecule has 0 saturated heterocycles. The van der Waals surface area contributed by atoms with Crippen LogP contribution in [0.25, 0.3) is 10.8 Å². The first-order valence-corrected chi connectivity index (χ1v) is 19.7. The number of sulfonamides is 1. The lowest BCUT2D eigenvalue weighted by molar-refractivity contribution is -0.0730. The van der Waals surface area contributed by atoms with Gasteiger partial charge in [0.1, 0.15) is 0 Å². The SMILES string of the molecule is CC1=CCCC2(C)C(CCC2(O)CN(Cc2cccc3ccccc23)S(C)(=O)=O)c2ccc(cc2C(=O)c2ccc(C)s2)CC(O)CC1. The van der Waals surface area contributed by atoms with Crippen molar-refractivity contribution in [3.05, 3.63) is 116 Å². The van der Waals surface area contributed by atoms with Crippen LogP contribution < -0.4 is 0 Å². The van der Waals surface area contributed by atoms with Crippen LogP contribution in [0.4, 0.5) is 0 Å². The maximum absolute atomic E-state index is 14.2. The highest BCUT2D eigenvalue weighted by Crippen LogP contribution is 2.59. The minimum atomic E-state index is -3.70. The number of carbonyl (C=O) groups excluding carboxylic acids is 1. The van der Waals surface area contributed by atoms with Crippen molar-refractivity contribution in [3.8, 4) is 0 Å². The summed E-state index contributed by atoms with van der Waals surface area (Å²) in [5.74, 6) is -0.231. The third kappa shape index (κ3) is 6.96. The van der Waals surface area contributed by atoms with Gasteiger partial charge in [-0.25, -0.2) is 8.42 Å². The molecule has 8 heteroatoms. The highest BCUT2D eigenvalue weighted by Gasteiger charge is 2.58. The summed E-state index contributed by atoms with van der Waals surface area (Å²) in [5, 5.41) is 25.8. The number of aryl methyl sites for hydroxylation is 1. The zero-order valence-electron chi connectivity index (χ0n) is 28.4. The van der Waals surface area contributed by atoms with Crippen LogP contribution in [0, 0.1) is 12.3 Å². The van der Waals surface area contributed by atoms with Gasteiger partial charge in [0.25, 0.3) is 0 Å². The standard InChI is InChI=1S/C40H47NO5S2/c1-27-9-8-21-39(3)36(34-18-16-29(23-32(42)17-14-27)24-35(34)38(43)37-19-15-28(2)47-37)20-22-40(39,44)26-41(48(4,45)46)25-31-12-7-11-30-10-5-6-13-33(30)31/h5-7,9-13,15-16,18-19,24,32,36,42,44H,8,14,17,20-23,25-26H2,1-4H3. The minimum Gasteiger partial charge on any atom is -0.393 e. The number of aliphatic hydroxyl groups excluding tert-OH is 1. The van der Waals surface area contributed by atoms with Crippen molar-refractivity contribution in [3.63, 3.8) is 0 Å². The van der Waals surface area contributed by atoms with Gasteiger partial charge in [0, 0.05) is 28.9 Å². The number of rotatable bonds is 7. The minimum absolute atomic E-state index is 0.0393. The summed E-state index contributed by atoms with van der Waals surface area (Å²) in [6.07, 6.45) is 7.10. The zero-order valence-corrected chi connectivity index (χ0v) is 30.0. The van der Waals surface area contributed by atoms with Crippen molar-refractivity contribution in [1.29, 1.82) is 0 Å². The molecular formula is C40H47NO5S2. The van der Waals surface area contributed by atoms with Gasteiger partial charge in [-0.3, -0.25) is 4.79 Å². The van der Waals surface area contributed by atoms with E-state index in [1.807, 2.05) is 79.7 Å². The van der Waals surface area contributed by atoms with Crippen LogP contribution in [-0.4, -0.2) is 53.2 Å². The van der Waals surface area contributed by atoms with Crippen molar-refractivity contribution in [2.24, 2.45) is 5.41 Å². The second-order valence-corrected chi connectivity index (χ2v) is 17.6. The van der Waals surface area contributed by atoms with E-state index in [1.165, 1.54) is 27.5 Å². The first-order chi connectivity index (χ1) is 22.8. The molecule has 0 radical (unpaired) electrons. The van der Waals surface area contributed by atoms with Gasteiger partial charge < -0.3 is 10.2 Å². The molecule has 1 aromatic heterocycles. The molecule has 6 nitrogen and oxygen atoms in total. The summed E-state index contributed by atoms with van der Waals surface area (Å²) >= 11 is 1.47. The van der Waals surface area contributed by atoms with E-state index >= 15 is 0 Å². The number of fused-ring (bicyclic) bond motifs is 9. The van der Waals surface area contributed by atoms with Crippen LogP contribution in [0.15, 0.2) is 84.4 Å². The van der Waals surface area contributed by atoms with Gasteiger partial charge in [-0.05, 0) is 110 Å². The van der Waals surface area contributed by atoms with Crippen LogP contribution in [0.1, 0.15) is 95.1 Å². The topological polar surface area (TPSA) is 94.9 Å². The molecule has 4 unspecified atom stereocenters. The van der Waals surface area contributed by atoms with Gasteiger partial charge in [0.05, 0.1) is 22.8 Å². The molecule has 4 aromatic rings. The van der Waals surface area contributed by atoms with E-state index in [2.05, 4.69) is 19.9 Å². The van der Waals surface area contributed by atoms with E-state index in [-0.39, 0.29) is 24.8 Å². The lowest BCUT2D eigenvalue weighted by Crippen LogP contribution is -2.53. The summed E-state index contributed by atoms with van der Waals surface area (Å²) in [6, 6.07) is 23.7. The Morgan fingerprint density at radius 2 is 1.77 bits per heavy atom. The molecule has 1 heterocycles. The molecule has 1 saturated carbocycles. The van der Waals surface area contributed by atoms with Gasteiger partial charge in [-0.1, -0.05) is 73.2 Å². The Labute approximate surface area is 289 Å². The average molecular weight is 686 g/mol. The predicted molar refractivity (Wildman–Crippen MR) is 195 cm³/mol. The highest BCUT2D eigenvalue weighted by molar-refractivity contribution is 7.88. The van der Waals surface area contributed by atoms with Crippen LogP contribution in [0.2, 0.25) is 0 Å². The summed E-state index contributed by atoms with van der Waals surface area (Å²) < 4.78 is 28.4. The summed E-state index contributed by atoms with van der Waals surface area (Å²) in [6.45, 7) is 6.29. The number of benzene rings is 3. The van der Waals surface area contributed by atoms with E-state index < -0.39 is 27.1 Å². The smallest absolute Gasteiger partial charge is 0.211 e. The molecule has 2 bridgehead atoms. The third-order valence-electron chi connectivity index (χ3n) is 11.0. The Hall–Kier alpha value is -3.14. The number of nitrogens with zero attached hydrogens (tertiary/aromatic N) is 1. The fourth-order valence-electron chi connectivity index (χ4n) is 8.09. The van der Waals surface area contributed by atoms with E-state index in [4.69, 9.17) is 0 Å². The molecule has 0 amide bonds. The van der Waals surface area contributed by atoms with Gasteiger partial charge >= 0.3 is 0 Å². The maximum Gasteiger partial charge on any atom is 0.211 e. The Morgan fingerprint density at radius 1 is 1.00 bits per heavy atom. The largest absolute Gasteiger partial charge is 0.393 e. The maximum atomic E-state index is 14.2. The van der Waals surface area contributed by atoms with Crippen LogP contribution in [0.5, 0.6) is 0 Å². The van der Waals surface area contributed by atoms with Crippen molar-refractivity contribution in [1.82, 2.24) is 4.31 Å². The molecule has 7 rings (SSSR count). The number of allylic oxidation sites excluding steroid dienone is 2. The monoisotopic (exact) mass is 685 g/mol. The van der Waals surface area contributed by atoms with Crippen molar-refractivity contribution in [2.75, 3.05) is 12.8 Å². The number of hydrogen-bond acceptors (Lipinski definition) is 6. The molecule has 3 aromatic carbocycles. The quantitative estimate of drug-likeness (QED) is 0.152. The lowest BCUT2D eigenvalue weighted by atomic mass is 9.65. The van der Waals surface area contributed by atoms with Gasteiger partial charge in [-0.15, -0.1) is 11.3 Å². The van der Waals surface area contributed by atoms with Crippen LogP contribution >= 0.6 is 11.3 Å². The zero-order chi connectivity index (χ0) is 34.3. The fraction of sp³-hybridized carbons (Fsp3) is 0.425. The van der Waals surface area contributed by atoms with E-state index in [0.29, 0.717) is 49.0 Å². The Kier molecular flexibility index (Phi) is 9.86. The van der Waals surface area contributed by atoms with Gasteiger partial charge in [-0.2, -0.15) is 4.31 Å². The first-order valence-electron chi connectivity index (χ1n) is 17.0. The molecule has 1 fully saturated rings. The molecule has 2 N–H and O–H groups in total. The normalized spacial score (nSPS) is 25.2. The molecule has 3 aliphatic rings. The van der Waals surface area contributed by atoms with Gasteiger partial charge in [0.15, 0.2) is 0 Å². The molecule has 4 atom stereocenters. The number of aliphatic hydroxyl groups is 2. The number of hydrogen-bond donors (Lipinski definition) is 2. The molecule has 254 valence electrons. The number of ketones is 1. The number of thiophene rings is 1. The van der Waals surface area contributed by atoms with Crippen molar-refractivity contribution >= 4 is 37.9 Å². The molecule has 3 aliphatic carbocycles. The third-order valence-corrected chi connectivity index (χ3v) is 13.2. The molecule has 0 aliphatic heterocycles. The second-order valence-electron chi connectivity index (χ2n) is 14.4. The second kappa shape index (κ2) is 13.6. The van der Waals surface area contributed by atoms with Gasteiger partial charge in [0.2, 0.25) is 15.8 Å². The lowest BCUT2D eigenvalue weighted by Gasteiger charge is -2.45. The van der Waals surface area contributed by atoms with Crippen molar-refractivity contribution in [2.45, 2.75) is 89.9 Å². The average Bonchev–Trinajstić information content (AvgIpc) is 3.59. The van der Waals surface area contributed by atoms with Crippen molar-refractivity contribution < 1.29 is 23.4 Å². The fourth-order valence-corrected chi connectivity index (χ4v) is 9.73. The van der Waals surface area contributed by atoms with Crippen LogP contribution in [-0.2, 0) is 23.0 Å².